The third-order valence-electron chi connectivity index (χ3n) is 6.09. The van der Waals surface area contributed by atoms with Gasteiger partial charge in [-0.1, -0.05) is 65.7 Å². The summed E-state index contributed by atoms with van der Waals surface area (Å²) in [6.07, 6.45) is 0.353. The number of ether oxygens (including phenoxy) is 1. The number of benzene rings is 3. The molecule has 1 atom stereocenters. The number of carbonyl (C=O) groups excluding carboxylic acids is 2. The highest BCUT2D eigenvalue weighted by atomic mass is 35.5. The normalized spacial score (nSPS) is 11.6. The summed E-state index contributed by atoms with van der Waals surface area (Å²) in [5.74, 6) is 0.108. The van der Waals surface area contributed by atoms with Crippen molar-refractivity contribution >= 4 is 35.0 Å². The lowest BCUT2D eigenvalue weighted by Gasteiger charge is -2.31. The zero-order chi connectivity index (χ0) is 26.2. The summed E-state index contributed by atoms with van der Waals surface area (Å²) in [5.41, 5.74) is 4.76. The van der Waals surface area contributed by atoms with Gasteiger partial charge in [-0.05, 0) is 73.7 Å². The third kappa shape index (κ3) is 7.25. The molecule has 0 fully saturated rings. The van der Waals surface area contributed by atoms with Crippen LogP contribution in [0.4, 0.5) is 0 Å². The minimum atomic E-state index is -0.754. The highest BCUT2D eigenvalue weighted by Gasteiger charge is 2.31. The number of nitrogens with one attached hydrogen (secondary N) is 1. The second-order valence-corrected chi connectivity index (χ2v) is 9.69. The Labute approximate surface area is 223 Å². The molecule has 3 rings (SSSR count). The predicted molar refractivity (Wildman–Crippen MR) is 146 cm³/mol. The summed E-state index contributed by atoms with van der Waals surface area (Å²) in [5, 5.41) is 3.81. The Kier molecular flexibility index (Phi) is 9.80. The molecule has 0 aromatic heterocycles. The topological polar surface area (TPSA) is 58.6 Å². The van der Waals surface area contributed by atoms with E-state index in [2.05, 4.69) is 11.4 Å². The van der Waals surface area contributed by atoms with Gasteiger partial charge in [-0.3, -0.25) is 9.59 Å². The Morgan fingerprint density at radius 3 is 2.39 bits per heavy atom. The number of rotatable bonds is 10. The van der Waals surface area contributed by atoms with Gasteiger partial charge in [0.05, 0.1) is 0 Å². The molecule has 5 nitrogen and oxygen atoms in total. The van der Waals surface area contributed by atoms with E-state index in [0.717, 1.165) is 22.3 Å². The highest BCUT2D eigenvalue weighted by Crippen LogP contribution is 2.26. The quantitative estimate of drug-likeness (QED) is 0.348. The zero-order valence-electron chi connectivity index (χ0n) is 21.1. The first kappa shape index (κ1) is 27.6. The van der Waals surface area contributed by atoms with E-state index in [1.54, 1.807) is 23.1 Å². The van der Waals surface area contributed by atoms with Gasteiger partial charge in [-0.15, -0.1) is 0 Å². The molecule has 0 heterocycles. The van der Waals surface area contributed by atoms with Crippen molar-refractivity contribution < 1.29 is 14.3 Å². The molecule has 0 saturated carbocycles. The van der Waals surface area contributed by atoms with Crippen molar-refractivity contribution in [3.8, 4) is 5.75 Å². The molecule has 0 aliphatic carbocycles. The van der Waals surface area contributed by atoms with Gasteiger partial charge in [-0.2, -0.15) is 0 Å². The van der Waals surface area contributed by atoms with Gasteiger partial charge in [0.1, 0.15) is 11.8 Å². The smallest absolute Gasteiger partial charge is 0.261 e. The van der Waals surface area contributed by atoms with Crippen molar-refractivity contribution in [2.45, 2.75) is 46.7 Å². The highest BCUT2D eigenvalue weighted by molar-refractivity contribution is 6.35. The standard InChI is InChI=1S/C29H32Cl2N2O3/c1-5-32-29(35)26(15-22-9-7-6-8-10-22)33(17-23-11-12-24(30)16-25(23)31)28(34)18-36-27-14-19(2)13-20(3)21(27)4/h6-14,16,26H,5,15,17-18H2,1-4H3,(H,32,35). The molecule has 0 radical (unpaired) electrons. The van der Waals surface area contributed by atoms with E-state index < -0.39 is 6.04 Å². The van der Waals surface area contributed by atoms with Crippen molar-refractivity contribution in [1.82, 2.24) is 10.2 Å². The maximum absolute atomic E-state index is 13.7. The second-order valence-electron chi connectivity index (χ2n) is 8.85. The molecule has 0 saturated heterocycles. The van der Waals surface area contributed by atoms with Crippen LogP contribution in [0.5, 0.6) is 5.75 Å². The fourth-order valence-corrected chi connectivity index (χ4v) is 4.52. The lowest BCUT2D eigenvalue weighted by molar-refractivity contribution is -0.142. The summed E-state index contributed by atoms with van der Waals surface area (Å²) < 4.78 is 5.99. The Morgan fingerprint density at radius 2 is 1.72 bits per heavy atom. The van der Waals surface area contributed by atoms with Crippen molar-refractivity contribution in [3.05, 3.63) is 98.5 Å². The van der Waals surface area contributed by atoms with Gasteiger partial charge >= 0.3 is 0 Å². The number of hydrogen-bond donors (Lipinski definition) is 1. The molecule has 36 heavy (non-hydrogen) atoms. The van der Waals surface area contributed by atoms with Crippen LogP contribution in [0.2, 0.25) is 10.0 Å². The fourth-order valence-electron chi connectivity index (χ4n) is 4.05. The molecular formula is C29H32Cl2N2O3. The van der Waals surface area contributed by atoms with Gasteiger partial charge in [0, 0.05) is 29.6 Å². The van der Waals surface area contributed by atoms with E-state index in [0.29, 0.717) is 34.3 Å². The number of halogens is 2. The van der Waals surface area contributed by atoms with E-state index in [1.165, 1.54) is 0 Å². The molecule has 1 unspecified atom stereocenters. The molecule has 2 amide bonds. The molecule has 1 N–H and O–H groups in total. The largest absolute Gasteiger partial charge is 0.483 e. The SMILES string of the molecule is CCNC(=O)C(Cc1ccccc1)N(Cc1ccc(Cl)cc1Cl)C(=O)COc1cc(C)cc(C)c1C. The Hall–Kier alpha value is -3.02. The molecule has 3 aromatic rings. The number of nitrogens with zero attached hydrogens (tertiary/aromatic N) is 1. The lowest BCUT2D eigenvalue weighted by atomic mass is 10.0. The van der Waals surface area contributed by atoms with Crippen LogP contribution < -0.4 is 10.1 Å². The van der Waals surface area contributed by atoms with Crippen molar-refractivity contribution in [2.75, 3.05) is 13.2 Å². The minimum Gasteiger partial charge on any atom is -0.483 e. The summed E-state index contributed by atoms with van der Waals surface area (Å²) in [4.78, 5) is 28.5. The second kappa shape index (κ2) is 12.8. The van der Waals surface area contributed by atoms with Gasteiger partial charge in [-0.25, -0.2) is 0 Å². The number of hydrogen-bond acceptors (Lipinski definition) is 3. The summed E-state index contributed by atoms with van der Waals surface area (Å²) in [6, 6.07) is 18.0. The van der Waals surface area contributed by atoms with E-state index in [9.17, 15) is 9.59 Å². The van der Waals surface area contributed by atoms with E-state index >= 15 is 0 Å². The number of likely N-dealkylation sites (N-methyl/N-ethyl adjacent to an activating group) is 1. The van der Waals surface area contributed by atoms with E-state index in [4.69, 9.17) is 27.9 Å². The Bertz CT molecular complexity index is 1210. The van der Waals surface area contributed by atoms with E-state index in [1.807, 2.05) is 64.1 Å². The molecule has 0 aliphatic rings. The molecule has 3 aromatic carbocycles. The van der Waals surface area contributed by atoms with Crippen LogP contribution in [0.25, 0.3) is 0 Å². The van der Waals surface area contributed by atoms with Crippen LogP contribution in [-0.4, -0.2) is 35.9 Å². The molecule has 0 spiro atoms. The molecule has 7 heteroatoms. The molecule has 0 aliphatic heterocycles. The number of aryl methyl sites for hydroxylation is 2. The van der Waals surface area contributed by atoms with Crippen LogP contribution in [0.15, 0.2) is 60.7 Å². The first-order valence-corrected chi connectivity index (χ1v) is 12.7. The number of amides is 2. The van der Waals surface area contributed by atoms with Crippen LogP contribution in [0.1, 0.15) is 34.7 Å². The van der Waals surface area contributed by atoms with Crippen LogP contribution in [0.3, 0.4) is 0 Å². The Balaban J connectivity index is 1.95. The van der Waals surface area contributed by atoms with Crippen LogP contribution >= 0.6 is 23.2 Å². The monoisotopic (exact) mass is 526 g/mol. The first-order valence-electron chi connectivity index (χ1n) is 11.9. The van der Waals surface area contributed by atoms with Crippen molar-refractivity contribution in [2.24, 2.45) is 0 Å². The average molecular weight is 527 g/mol. The minimum absolute atomic E-state index is 0.138. The average Bonchev–Trinajstić information content (AvgIpc) is 2.84. The van der Waals surface area contributed by atoms with Gasteiger partial charge < -0.3 is 15.0 Å². The van der Waals surface area contributed by atoms with Gasteiger partial charge in [0.25, 0.3) is 5.91 Å². The fraction of sp³-hybridized carbons (Fsp3) is 0.310. The summed E-state index contributed by atoms with van der Waals surface area (Å²) in [7, 11) is 0. The lowest BCUT2D eigenvalue weighted by Crippen LogP contribution is -2.51. The third-order valence-corrected chi connectivity index (χ3v) is 6.68. The Morgan fingerprint density at radius 1 is 1.00 bits per heavy atom. The first-order chi connectivity index (χ1) is 17.2. The van der Waals surface area contributed by atoms with Crippen LogP contribution in [-0.2, 0) is 22.6 Å². The zero-order valence-corrected chi connectivity index (χ0v) is 22.6. The van der Waals surface area contributed by atoms with Gasteiger partial charge in [0.15, 0.2) is 6.61 Å². The predicted octanol–water partition coefficient (Wildman–Crippen LogP) is 6.07. The van der Waals surface area contributed by atoms with Crippen molar-refractivity contribution in [1.29, 1.82) is 0 Å². The van der Waals surface area contributed by atoms with Crippen molar-refractivity contribution in [3.63, 3.8) is 0 Å². The van der Waals surface area contributed by atoms with Gasteiger partial charge in [0.2, 0.25) is 5.91 Å². The number of carbonyl (C=O) groups is 2. The molecular weight excluding hydrogens is 495 g/mol. The maximum Gasteiger partial charge on any atom is 0.261 e. The summed E-state index contributed by atoms with van der Waals surface area (Å²) >= 11 is 12.5. The summed E-state index contributed by atoms with van der Waals surface area (Å²) in [6.45, 7) is 8.20. The maximum atomic E-state index is 13.7. The molecule has 190 valence electrons. The molecule has 0 bridgehead atoms. The van der Waals surface area contributed by atoms with E-state index in [-0.39, 0.29) is 25.0 Å². The van der Waals surface area contributed by atoms with Crippen LogP contribution in [0, 0.1) is 20.8 Å².